The van der Waals surface area contributed by atoms with E-state index in [0.717, 1.165) is 0 Å². The van der Waals surface area contributed by atoms with Crippen LogP contribution in [0.5, 0.6) is 0 Å². The number of carbonyl (C=O) groups is 3. The summed E-state index contributed by atoms with van der Waals surface area (Å²) in [5.41, 5.74) is 1.17. The molecular weight excluding hydrogens is 351 g/mol. The van der Waals surface area contributed by atoms with Gasteiger partial charge in [0, 0.05) is 17.3 Å². The normalized spacial score (nSPS) is 10.6. The number of hydrogen-bond donors (Lipinski definition) is 2. The van der Waals surface area contributed by atoms with Crippen LogP contribution in [0.3, 0.4) is 0 Å². The second kappa shape index (κ2) is 8.44. The molecule has 0 heterocycles. The fourth-order valence-corrected chi connectivity index (χ4v) is 2.53. The predicted octanol–water partition coefficient (Wildman–Crippen LogP) is 3.32. The number of nitrogens with zero attached hydrogens (tertiary/aromatic N) is 1. The molecule has 6 nitrogen and oxygen atoms in total. The largest absolute Gasteiger partial charge is 0.480 e. The fraction of sp³-hybridized carbons (Fsp3) is 0.250. The van der Waals surface area contributed by atoms with Gasteiger partial charge in [0.05, 0.1) is 5.56 Å². The molecule has 7 heteroatoms. The Morgan fingerprint density at radius 2 is 1.81 bits per heavy atom. The first-order valence-corrected chi connectivity index (χ1v) is 8.40. The summed E-state index contributed by atoms with van der Waals surface area (Å²) in [6, 6.07) is 9.95. The molecule has 0 aliphatic carbocycles. The zero-order valence-corrected chi connectivity index (χ0v) is 15.3. The molecule has 0 aromatic heterocycles. The lowest BCUT2D eigenvalue weighted by atomic mass is 10.1. The lowest BCUT2D eigenvalue weighted by Gasteiger charge is -2.25. The van der Waals surface area contributed by atoms with Crippen LogP contribution in [0.4, 0.5) is 10.1 Å². The van der Waals surface area contributed by atoms with Crippen molar-refractivity contribution in [3.05, 3.63) is 65.0 Å². The molecule has 0 saturated heterocycles. The molecule has 0 fully saturated rings. The van der Waals surface area contributed by atoms with E-state index in [-0.39, 0.29) is 17.2 Å². The molecule has 2 N–H and O–H groups in total. The standard InChI is InChI=1S/C20H21FN2O4/c1-12(2)23(11-18(24)25)20(27)14-9-8-13(3)17(10-14)22-19(26)15-6-4-5-7-16(15)21/h4-10,12H,11H2,1-3H3,(H,22,26)(H,24,25). The maximum absolute atomic E-state index is 13.8. The van der Waals surface area contributed by atoms with E-state index in [0.29, 0.717) is 11.3 Å². The summed E-state index contributed by atoms with van der Waals surface area (Å²) in [6.45, 7) is 4.75. The first-order chi connectivity index (χ1) is 12.7. The number of nitrogens with one attached hydrogen (secondary N) is 1. The Kier molecular flexibility index (Phi) is 6.28. The summed E-state index contributed by atoms with van der Waals surface area (Å²) >= 11 is 0. The molecule has 2 rings (SSSR count). The number of anilines is 1. The molecule has 0 spiro atoms. The first kappa shape index (κ1) is 20.1. The van der Waals surface area contributed by atoms with Crippen LogP contribution < -0.4 is 5.32 Å². The van der Waals surface area contributed by atoms with Gasteiger partial charge in [-0.05, 0) is 50.6 Å². The maximum atomic E-state index is 13.8. The zero-order valence-electron chi connectivity index (χ0n) is 15.3. The summed E-state index contributed by atoms with van der Waals surface area (Å²) in [5, 5.41) is 11.6. The van der Waals surface area contributed by atoms with Gasteiger partial charge in [0.2, 0.25) is 0 Å². The quantitative estimate of drug-likeness (QED) is 0.814. The van der Waals surface area contributed by atoms with E-state index >= 15 is 0 Å². The van der Waals surface area contributed by atoms with Crippen molar-refractivity contribution < 1.29 is 23.9 Å². The Morgan fingerprint density at radius 3 is 2.41 bits per heavy atom. The summed E-state index contributed by atoms with van der Waals surface area (Å²) < 4.78 is 13.8. The molecule has 0 saturated carbocycles. The van der Waals surface area contributed by atoms with Gasteiger partial charge < -0.3 is 15.3 Å². The Morgan fingerprint density at radius 1 is 1.15 bits per heavy atom. The minimum Gasteiger partial charge on any atom is -0.480 e. The van der Waals surface area contributed by atoms with Crippen LogP contribution in [-0.4, -0.2) is 40.4 Å². The van der Waals surface area contributed by atoms with E-state index in [4.69, 9.17) is 5.11 Å². The molecule has 0 aliphatic heterocycles. The average molecular weight is 372 g/mol. The highest BCUT2D eigenvalue weighted by atomic mass is 19.1. The SMILES string of the molecule is Cc1ccc(C(=O)N(CC(=O)O)C(C)C)cc1NC(=O)c1ccccc1F. The molecule has 0 aliphatic rings. The number of aliphatic carboxylic acids is 1. The molecule has 142 valence electrons. The van der Waals surface area contributed by atoms with Gasteiger partial charge in [-0.15, -0.1) is 0 Å². The fourth-order valence-electron chi connectivity index (χ4n) is 2.53. The van der Waals surface area contributed by atoms with Crippen LogP contribution in [0.2, 0.25) is 0 Å². The van der Waals surface area contributed by atoms with Crippen LogP contribution in [0.1, 0.15) is 40.1 Å². The molecule has 0 radical (unpaired) electrons. The number of amides is 2. The third kappa shape index (κ3) is 4.91. The Labute approximate surface area is 156 Å². The zero-order chi connectivity index (χ0) is 20.1. The Bertz CT molecular complexity index is 880. The molecule has 0 bridgehead atoms. The lowest BCUT2D eigenvalue weighted by Crippen LogP contribution is -2.40. The van der Waals surface area contributed by atoms with Gasteiger partial charge in [0.25, 0.3) is 11.8 Å². The van der Waals surface area contributed by atoms with Gasteiger partial charge in [-0.3, -0.25) is 14.4 Å². The van der Waals surface area contributed by atoms with E-state index in [1.807, 2.05) is 0 Å². The Balaban J connectivity index is 2.30. The topological polar surface area (TPSA) is 86.7 Å². The number of carbonyl (C=O) groups excluding carboxylic acids is 2. The molecular formula is C20H21FN2O4. The lowest BCUT2D eigenvalue weighted by molar-refractivity contribution is -0.138. The molecule has 2 aromatic carbocycles. The van der Waals surface area contributed by atoms with Crippen molar-refractivity contribution in [3.8, 4) is 0 Å². The van der Waals surface area contributed by atoms with Crippen molar-refractivity contribution in [2.24, 2.45) is 0 Å². The summed E-state index contributed by atoms with van der Waals surface area (Å²) in [4.78, 5) is 37.3. The second-order valence-corrected chi connectivity index (χ2v) is 6.38. The van der Waals surface area contributed by atoms with Crippen LogP contribution in [0.25, 0.3) is 0 Å². The van der Waals surface area contributed by atoms with Gasteiger partial charge in [0.1, 0.15) is 12.4 Å². The number of carboxylic acids is 1. The highest BCUT2D eigenvalue weighted by Crippen LogP contribution is 2.20. The third-order valence-electron chi connectivity index (χ3n) is 4.04. The number of rotatable bonds is 6. The van der Waals surface area contributed by atoms with E-state index in [1.165, 1.54) is 29.2 Å². The number of hydrogen-bond acceptors (Lipinski definition) is 3. The van der Waals surface area contributed by atoms with Crippen molar-refractivity contribution >= 4 is 23.5 Å². The van der Waals surface area contributed by atoms with Crippen molar-refractivity contribution in [1.29, 1.82) is 0 Å². The van der Waals surface area contributed by atoms with E-state index in [9.17, 15) is 18.8 Å². The number of aryl methyl sites for hydroxylation is 1. The van der Waals surface area contributed by atoms with Gasteiger partial charge in [-0.2, -0.15) is 0 Å². The third-order valence-corrected chi connectivity index (χ3v) is 4.04. The van der Waals surface area contributed by atoms with E-state index in [2.05, 4.69) is 5.32 Å². The van der Waals surface area contributed by atoms with Crippen LogP contribution in [0.15, 0.2) is 42.5 Å². The number of benzene rings is 2. The highest BCUT2D eigenvalue weighted by molar-refractivity contribution is 6.05. The van der Waals surface area contributed by atoms with Crippen molar-refractivity contribution in [1.82, 2.24) is 4.90 Å². The van der Waals surface area contributed by atoms with Crippen LogP contribution in [-0.2, 0) is 4.79 Å². The Hall–Kier alpha value is -3.22. The van der Waals surface area contributed by atoms with Crippen molar-refractivity contribution in [3.63, 3.8) is 0 Å². The van der Waals surface area contributed by atoms with Gasteiger partial charge in [0.15, 0.2) is 0 Å². The first-order valence-electron chi connectivity index (χ1n) is 8.40. The molecule has 2 amide bonds. The average Bonchev–Trinajstić information content (AvgIpc) is 2.61. The minimum atomic E-state index is -1.11. The van der Waals surface area contributed by atoms with Gasteiger partial charge in [-0.1, -0.05) is 18.2 Å². The van der Waals surface area contributed by atoms with Crippen LogP contribution in [0, 0.1) is 12.7 Å². The minimum absolute atomic E-state index is 0.108. The molecule has 27 heavy (non-hydrogen) atoms. The highest BCUT2D eigenvalue weighted by Gasteiger charge is 2.22. The molecule has 0 atom stereocenters. The number of carboxylic acid groups (broad SMARTS) is 1. The van der Waals surface area contributed by atoms with Crippen LogP contribution >= 0.6 is 0 Å². The van der Waals surface area contributed by atoms with Crippen molar-refractivity contribution in [2.45, 2.75) is 26.8 Å². The van der Waals surface area contributed by atoms with Crippen molar-refractivity contribution in [2.75, 3.05) is 11.9 Å². The second-order valence-electron chi connectivity index (χ2n) is 6.38. The predicted molar refractivity (Wildman–Crippen MR) is 99.3 cm³/mol. The molecule has 2 aromatic rings. The summed E-state index contributed by atoms with van der Waals surface area (Å²) in [7, 11) is 0. The maximum Gasteiger partial charge on any atom is 0.323 e. The monoisotopic (exact) mass is 372 g/mol. The summed E-state index contributed by atoms with van der Waals surface area (Å²) in [6.07, 6.45) is 0. The number of halogens is 1. The molecule has 0 unspecified atom stereocenters. The summed E-state index contributed by atoms with van der Waals surface area (Å²) in [5.74, 6) is -2.86. The smallest absolute Gasteiger partial charge is 0.323 e. The van der Waals surface area contributed by atoms with E-state index < -0.39 is 30.1 Å². The van der Waals surface area contributed by atoms with Gasteiger partial charge >= 0.3 is 5.97 Å². The van der Waals surface area contributed by atoms with E-state index in [1.54, 1.807) is 39.0 Å². The van der Waals surface area contributed by atoms with Gasteiger partial charge in [-0.25, -0.2) is 4.39 Å².